The Labute approximate surface area is 335 Å². The summed E-state index contributed by atoms with van der Waals surface area (Å²) in [5.41, 5.74) is 14.2. The highest BCUT2D eigenvalue weighted by Crippen LogP contribution is 2.53. The first-order chi connectivity index (χ1) is 28.3. The molecule has 0 aliphatic rings. The number of furan rings is 1. The molecule has 11 aromatic rings. The zero-order chi connectivity index (χ0) is 37.7. The Morgan fingerprint density at radius 2 is 0.860 bits per heavy atom. The third-order valence-corrected chi connectivity index (χ3v) is 12.2. The zero-order valence-corrected chi connectivity index (χ0v) is 31.8. The van der Waals surface area contributed by atoms with Crippen LogP contribution in [0.2, 0.25) is 0 Å². The Morgan fingerprint density at radius 3 is 1.68 bits per heavy atom. The number of hydrogen-bond acceptors (Lipinski definition) is 3. The van der Waals surface area contributed by atoms with Crippen LogP contribution >= 0.6 is 11.3 Å². The van der Waals surface area contributed by atoms with Crippen molar-refractivity contribution in [1.82, 2.24) is 0 Å². The summed E-state index contributed by atoms with van der Waals surface area (Å²) >= 11 is 1.85. The van der Waals surface area contributed by atoms with Crippen molar-refractivity contribution in [2.24, 2.45) is 0 Å². The van der Waals surface area contributed by atoms with E-state index < -0.39 is 0 Å². The van der Waals surface area contributed by atoms with Gasteiger partial charge in [0.25, 0.3) is 0 Å². The smallest absolute Gasteiger partial charge is 0.143 e. The number of thiophene rings is 1. The van der Waals surface area contributed by atoms with Crippen molar-refractivity contribution in [3.63, 3.8) is 0 Å². The molecule has 0 N–H and O–H groups in total. The first kappa shape index (κ1) is 33.2. The number of rotatable bonds is 7. The molecule has 0 aliphatic heterocycles. The molecule has 11 rings (SSSR count). The average Bonchev–Trinajstić information content (AvgIpc) is 3.87. The largest absolute Gasteiger partial charge is 0.455 e. The Balaban J connectivity index is 1.28. The van der Waals surface area contributed by atoms with E-state index in [1.54, 1.807) is 0 Å². The van der Waals surface area contributed by atoms with Crippen LogP contribution in [0.25, 0.3) is 86.6 Å². The fourth-order valence-electron chi connectivity index (χ4n) is 8.63. The molecule has 0 radical (unpaired) electrons. The monoisotopic (exact) mass is 745 g/mol. The van der Waals surface area contributed by atoms with Crippen LogP contribution in [0, 0.1) is 0 Å². The SMILES string of the molecule is c1ccc(-c2ccccc2-c2c(-c3ccccc3)cccc2N(c2ccccc2-c2cccc3c2oc2ccccc23)c2cccc3sc4ccccc4c23)cc1. The topological polar surface area (TPSA) is 16.4 Å². The van der Waals surface area contributed by atoms with Crippen LogP contribution in [0.3, 0.4) is 0 Å². The molecule has 0 amide bonds. The van der Waals surface area contributed by atoms with E-state index in [2.05, 4.69) is 211 Å². The molecule has 2 nitrogen and oxygen atoms in total. The first-order valence-corrected chi connectivity index (χ1v) is 20.2. The predicted molar refractivity (Wildman–Crippen MR) is 243 cm³/mol. The summed E-state index contributed by atoms with van der Waals surface area (Å²) < 4.78 is 9.24. The van der Waals surface area contributed by atoms with Crippen LogP contribution in [0.1, 0.15) is 0 Å². The van der Waals surface area contributed by atoms with Crippen LogP contribution in [-0.2, 0) is 0 Å². The van der Waals surface area contributed by atoms with Crippen LogP contribution < -0.4 is 4.90 Å². The van der Waals surface area contributed by atoms with Gasteiger partial charge in [-0.05, 0) is 64.2 Å². The Hall–Kier alpha value is -7.20. The lowest BCUT2D eigenvalue weighted by Gasteiger charge is -2.32. The molecule has 57 heavy (non-hydrogen) atoms. The molecule has 268 valence electrons. The molecule has 0 unspecified atom stereocenters. The van der Waals surface area contributed by atoms with Gasteiger partial charge in [0.15, 0.2) is 0 Å². The van der Waals surface area contributed by atoms with Gasteiger partial charge in [-0.1, -0.05) is 176 Å². The molecule has 2 heterocycles. The van der Waals surface area contributed by atoms with Crippen molar-refractivity contribution >= 4 is 70.5 Å². The fourth-order valence-corrected chi connectivity index (χ4v) is 9.75. The van der Waals surface area contributed by atoms with E-state index in [4.69, 9.17) is 4.42 Å². The number of fused-ring (bicyclic) bond motifs is 6. The van der Waals surface area contributed by atoms with Gasteiger partial charge < -0.3 is 9.32 Å². The molecule has 2 aromatic heterocycles. The second-order valence-corrected chi connectivity index (χ2v) is 15.4. The minimum absolute atomic E-state index is 0.887. The number of hydrogen-bond donors (Lipinski definition) is 0. The molecular weight excluding hydrogens is 711 g/mol. The Kier molecular flexibility index (Phi) is 8.04. The number of anilines is 3. The number of benzene rings is 9. The summed E-state index contributed by atoms with van der Waals surface area (Å²) in [6, 6.07) is 76.5. The van der Waals surface area contributed by atoms with Gasteiger partial charge in [0.05, 0.1) is 17.1 Å². The van der Waals surface area contributed by atoms with Gasteiger partial charge in [0.2, 0.25) is 0 Å². The van der Waals surface area contributed by atoms with Crippen molar-refractivity contribution in [2.75, 3.05) is 4.90 Å². The lowest BCUT2D eigenvalue weighted by Crippen LogP contribution is -2.13. The second kappa shape index (κ2) is 13.8. The summed E-state index contributed by atoms with van der Waals surface area (Å²) in [7, 11) is 0. The highest BCUT2D eigenvalue weighted by Gasteiger charge is 2.27. The summed E-state index contributed by atoms with van der Waals surface area (Å²) in [6.45, 7) is 0. The van der Waals surface area contributed by atoms with Crippen LogP contribution in [0.4, 0.5) is 17.1 Å². The van der Waals surface area contributed by atoms with Gasteiger partial charge in [-0.15, -0.1) is 11.3 Å². The quantitative estimate of drug-likeness (QED) is 0.162. The first-order valence-electron chi connectivity index (χ1n) is 19.4. The lowest BCUT2D eigenvalue weighted by atomic mass is 9.87. The second-order valence-electron chi connectivity index (χ2n) is 14.4. The van der Waals surface area contributed by atoms with Crippen molar-refractivity contribution < 1.29 is 4.42 Å². The molecule has 0 fully saturated rings. The molecule has 0 aliphatic carbocycles. The Morgan fingerprint density at radius 1 is 0.333 bits per heavy atom. The maximum atomic E-state index is 6.72. The fraction of sp³-hybridized carbons (Fsp3) is 0. The van der Waals surface area contributed by atoms with E-state index in [0.29, 0.717) is 0 Å². The van der Waals surface area contributed by atoms with E-state index in [1.807, 2.05) is 17.4 Å². The molecule has 3 heteroatoms. The maximum absolute atomic E-state index is 6.72. The Bertz CT molecular complexity index is 3250. The van der Waals surface area contributed by atoms with Crippen molar-refractivity contribution in [2.45, 2.75) is 0 Å². The average molecular weight is 746 g/mol. The molecule has 0 saturated heterocycles. The normalized spacial score (nSPS) is 11.5. The van der Waals surface area contributed by atoms with Crippen molar-refractivity contribution in [1.29, 1.82) is 0 Å². The molecule has 0 spiro atoms. The minimum Gasteiger partial charge on any atom is -0.455 e. The highest BCUT2D eigenvalue weighted by atomic mass is 32.1. The van der Waals surface area contributed by atoms with Gasteiger partial charge in [-0.3, -0.25) is 0 Å². The van der Waals surface area contributed by atoms with E-state index in [1.165, 1.54) is 42.4 Å². The standard InChI is InChI=1S/C54H35NOS/c1-3-18-36(19-4-1)38-22-7-8-25-42(38)52-39(37-20-5-2-6-21-37)27-16-31-47(52)55(48-32-17-35-51-53(48)45-26-11-14-34-50(45)57-51)46-30-12-9-23-40(46)43-28-15-29-44-41-24-10-13-33-49(41)56-54(43)44/h1-35H. The summed E-state index contributed by atoms with van der Waals surface area (Å²) in [5, 5.41) is 4.72. The van der Waals surface area contributed by atoms with Gasteiger partial charge in [0.1, 0.15) is 11.2 Å². The molecule has 9 aromatic carbocycles. The van der Waals surface area contributed by atoms with Gasteiger partial charge in [-0.2, -0.15) is 0 Å². The van der Waals surface area contributed by atoms with Crippen LogP contribution in [-0.4, -0.2) is 0 Å². The third-order valence-electron chi connectivity index (χ3n) is 11.1. The summed E-state index contributed by atoms with van der Waals surface area (Å²) in [4.78, 5) is 2.52. The molecular formula is C54H35NOS. The minimum atomic E-state index is 0.887. The molecule has 0 bridgehead atoms. The van der Waals surface area contributed by atoms with Crippen molar-refractivity contribution in [3.8, 4) is 44.5 Å². The molecule has 0 saturated carbocycles. The lowest BCUT2D eigenvalue weighted by molar-refractivity contribution is 0.670. The van der Waals surface area contributed by atoms with Gasteiger partial charge in [-0.25, -0.2) is 0 Å². The van der Waals surface area contributed by atoms with Crippen LogP contribution in [0.15, 0.2) is 217 Å². The van der Waals surface area contributed by atoms with Crippen LogP contribution in [0.5, 0.6) is 0 Å². The maximum Gasteiger partial charge on any atom is 0.143 e. The van der Waals surface area contributed by atoms with E-state index in [9.17, 15) is 0 Å². The third kappa shape index (κ3) is 5.55. The number of para-hydroxylation sites is 3. The zero-order valence-electron chi connectivity index (χ0n) is 31.0. The summed E-state index contributed by atoms with van der Waals surface area (Å²) in [5.74, 6) is 0. The summed E-state index contributed by atoms with van der Waals surface area (Å²) in [6.07, 6.45) is 0. The van der Waals surface area contributed by atoms with Crippen molar-refractivity contribution in [3.05, 3.63) is 212 Å². The van der Waals surface area contributed by atoms with Gasteiger partial charge in [0, 0.05) is 47.6 Å². The molecule has 0 atom stereocenters. The highest BCUT2D eigenvalue weighted by molar-refractivity contribution is 7.26. The number of nitrogens with zero attached hydrogens (tertiary/aromatic N) is 1. The van der Waals surface area contributed by atoms with E-state index >= 15 is 0 Å². The van der Waals surface area contributed by atoms with E-state index in [0.717, 1.165) is 61.3 Å². The van der Waals surface area contributed by atoms with Gasteiger partial charge >= 0.3 is 0 Å². The van der Waals surface area contributed by atoms with E-state index in [-0.39, 0.29) is 0 Å². The predicted octanol–water partition coefficient (Wildman–Crippen LogP) is 16.1.